The van der Waals surface area contributed by atoms with E-state index in [1.54, 1.807) is 29.2 Å². The minimum atomic E-state index is -0.0617. The molecule has 2 amide bonds. The molecule has 1 fully saturated rings. The molecule has 29 heavy (non-hydrogen) atoms. The number of urea groups is 1. The molecule has 0 saturated heterocycles. The lowest BCUT2D eigenvalue weighted by Crippen LogP contribution is -2.59. The number of hydrogen-bond acceptors (Lipinski definition) is 6. The summed E-state index contributed by atoms with van der Waals surface area (Å²) in [6, 6.07) is 8.00. The fraction of sp³-hybridized carbons (Fsp3) is 0.429. The molecule has 2 heterocycles. The number of nitrogens with one attached hydrogen (secondary N) is 1. The van der Waals surface area contributed by atoms with Crippen LogP contribution in [0.25, 0.3) is 0 Å². The van der Waals surface area contributed by atoms with Gasteiger partial charge in [0.2, 0.25) is 5.95 Å². The zero-order valence-corrected chi connectivity index (χ0v) is 17.0. The molecule has 1 saturated carbocycles. The van der Waals surface area contributed by atoms with Crippen LogP contribution in [0.4, 0.5) is 27.9 Å². The van der Waals surface area contributed by atoms with Crippen LogP contribution >= 0.6 is 0 Å². The van der Waals surface area contributed by atoms with Crippen molar-refractivity contribution >= 4 is 29.2 Å². The fourth-order valence-corrected chi connectivity index (χ4v) is 4.07. The number of nitriles is 1. The minimum Gasteiger partial charge on any atom is -0.324 e. The summed E-state index contributed by atoms with van der Waals surface area (Å²) in [5, 5.41) is 16.3. The highest BCUT2D eigenvalue weighted by atomic mass is 16.2. The molecule has 0 radical (unpaired) electrons. The van der Waals surface area contributed by atoms with Gasteiger partial charge in [-0.25, -0.2) is 14.8 Å². The lowest BCUT2D eigenvalue weighted by atomic mass is 10.1. The maximum atomic E-state index is 12.9. The number of carbonyl (C=O) groups excluding carboxylic acids is 1. The van der Waals surface area contributed by atoms with Crippen LogP contribution in [0, 0.1) is 18.3 Å². The van der Waals surface area contributed by atoms with E-state index in [-0.39, 0.29) is 12.1 Å². The molecule has 1 aromatic carbocycles. The Morgan fingerprint density at radius 2 is 2.07 bits per heavy atom. The number of fused-ring (bicyclic) bond motifs is 1. The first-order valence-corrected chi connectivity index (χ1v) is 10.0. The van der Waals surface area contributed by atoms with Crippen LogP contribution in [0.5, 0.6) is 0 Å². The van der Waals surface area contributed by atoms with Gasteiger partial charge in [0.1, 0.15) is 5.69 Å². The highest BCUT2D eigenvalue weighted by molar-refractivity contribution is 5.98. The Balaban J connectivity index is 1.73. The molecule has 1 aromatic heterocycles. The Morgan fingerprint density at radius 1 is 1.31 bits per heavy atom. The lowest BCUT2D eigenvalue weighted by Gasteiger charge is -2.45. The molecule has 0 spiro atoms. The molecular formula is C21H25N7O. The third-order valence-electron chi connectivity index (χ3n) is 5.68. The van der Waals surface area contributed by atoms with Gasteiger partial charge in [-0.05, 0) is 44.4 Å². The summed E-state index contributed by atoms with van der Waals surface area (Å²) in [6.45, 7) is 4.47. The van der Waals surface area contributed by atoms with Crippen molar-refractivity contribution in [1.29, 1.82) is 5.26 Å². The summed E-state index contributed by atoms with van der Waals surface area (Å²) < 4.78 is 0. The molecule has 0 unspecified atom stereocenters. The number of aromatic nitrogens is 2. The first-order valence-electron chi connectivity index (χ1n) is 10.0. The van der Waals surface area contributed by atoms with Crippen molar-refractivity contribution in [3.63, 3.8) is 0 Å². The molecule has 8 nitrogen and oxygen atoms in total. The summed E-state index contributed by atoms with van der Waals surface area (Å²) in [4.78, 5) is 23.7. The predicted octanol–water partition coefficient (Wildman–Crippen LogP) is 3.96. The molecule has 1 aliphatic carbocycles. The molecule has 0 atom stereocenters. The van der Waals surface area contributed by atoms with Crippen molar-refractivity contribution in [2.24, 2.45) is 0 Å². The molecule has 1 aliphatic heterocycles. The number of benzene rings is 1. The largest absolute Gasteiger partial charge is 0.343 e. The SMILES string of the molecule is CCN1C(=O)N(C)c2cnc(Nc3ccc(C)c(C#N)c3)nc2N1C1CCCC1. The van der Waals surface area contributed by atoms with Crippen LogP contribution in [0.2, 0.25) is 0 Å². The molecule has 2 aromatic rings. The average Bonchev–Trinajstić information content (AvgIpc) is 3.26. The average molecular weight is 391 g/mol. The van der Waals surface area contributed by atoms with Crippen molar-refractivity contribution < 1.29 is 4.79 Å². The summed E-state index contributed by atoms with van der Waals surface area (Å²) in [5.74, 6) is 1.18. The predicted molar refractivity (Wildman–Crippen MR) is 112 cm³/mol. The highest BCUT2D eigenvalue weighted by Gasteiger charge is 2.39. The third-order valence-corrected chi connectivity index (χ3v) is 5.68. The van der Waals surface area contributed by atoms with E-state index in [0.717, 1.165) is 42.8 Å². The first kappa shape index (κ1) is 19.0. The smallest absolute Gasteiger partial charge is 0.324 e. The molecular weight excluding hydrogens is 366 g/mol. The van der Waals surface area contributed by atoms with Gasteiger partial charge >= 0.3 is 6.03 Å². The Labute approximate surface area is 170 Å². The number of carbonyl (C=O) groups is 1. The van der Waals surface area contributed by atoms with E-state index >= 15 is 0 Å². The van der Waals surface area contributed by atoms with Crippen molar-refractivity contribution in [3.05, 3.63) is 35.5 Å². The maximum Gasteiger partial charge on any atom is 0.343 e. The number of rotatable bonds is 4. The van der Waals surface area contributed by atoms with Crippen LogP contribution in [0.3, 0.4) is 0 Å². The van der Waals surface area contributed by atoms with Crippen LogP contribution in [0.15, 0.2) is 24.4 Å². The fourth-order valence-electron chi connectivity index (χ4n) is 4.07. The summed E-state index contributed by atoms with van der Waals surface area (Å²) in [5.41, 5.74) is 3.00. The van der Waals surface area contributed by atoms with E-state index in [4.69, 9.17) is 4.98 Å². The van der Waals surface area contributed by atoms with Gasteiger partial charge in [-0.15, -0.1) is 0 Å². The first-order chi connectivity index (χ1) is 14.0. The standard InChI is InChI=1S/C21H25N7O/c1-4-27-21(29)26(3)18-13-23-20(24-16-10-9-14(2)15(11-16)12-22)25-19(18)28(27)17-7-5-6-8-17/h9-11,13,17H,4-8H2,1-3H3,(H,23,24,25). The van der Waals surface area contributed by atoms with Gasteiger partial charge in [0.05, 0.1) is 23.9 Å². The van der Waals surface area contributed by atoms with Gasteiger partial charge in [0.15, 0.2) is 5.82 Å². The minimum absolute atomic E-state index is 0.0617. The maximum absolute atomic E-state index is 12.9. The van der Waals surface area contributed by atoms with E-state index in [0.29, 0.717) is 23.7 Å². The van der Waals surface area contributed by atoms with E-state index in [1.807, 2.05) is 26.0 Å². The van der Waals surface area contributed by atoms with Gasteiger partial charge in [0.25, 0.3) is 0 Å². The van der Waals surface area contributed by atoms with Gasteiger partial charge in [-0.2, -0.15) is 10.2 Å². The van der Waals surface area contributed by atoms with E-state index in [1.165, 1.54) is 0 Å². The zero-order valence-electron chi connectivity index (χ0n) is 17.0. The van der Waals surface area contributed by atoms with Gasteiger partial charge < -0.3 is 5.32 Å². The number of aryl methyl sites for hydroxylation is 1. The van der Waals surface area contributed by atoms with Crippen LogP contribution in [-0.2, 0) is 0 Å². The third kappa shape index (κ3) is 3.33. The Morgan fingerprint density at radius 3 is 2.76 bits per heavy atom. The second-order valence-electron chi connectivity index (χ2n) is 7.51. The number of hydrogen-bond donors (Lipinski definition) is 1. The second-order valence-corrected chi connectivity index (χ2v) is 7.51. The van der Waals surface area contributed by atoms with E-state index in [9.17, 15) is 10.1 Å². The number of anilines is 4. The number of nitrogens with zero attached hydrogens (tertiary/aromatic N) is 6. The zero-order chi connectivity index (χ0) is 20.5. The topological polar surface area (TPSA) is 88.4 Å². The van der Waals surface area contributed by atoms with E-state index in [2.05, 4.69) is 21.4 Å². The van der Waals surface area contributed by atoms with Crippen molar-refractivity contribution in [3.8, 4) is 6.07 Å². The molecule has 2 aliphatic rings. The Kier molecular flexibility index (Phi) is 4.97. The summed E-state index contributed by atoms with van der Waals surface area (Å²) in [6.07, 6.45) is 6.10. The van der Waals surface area contributed by atoms with Crippen molar-refractivity contribution in [1.82, 2.24) is 15.0 Å². The van der Waals surface area contributed by atoms with Gasteiger partial charge in [-0.1, -0.05) is 18.9 Å². The molecule has 150 valence electrons. The summed E-state index contributed by atoms with van der Waals surface area (Å²) >= 11 is 0. The molecule has 8 heteroatoms. The monoisotopic (exact) mass is 391 g/mol. The normalized spacial score (nSPS) is 16.8. The van der Waals surface area contributed by atoms with Crippen molar-refractivity contribution in [2.45, 2.75) is 45.6 Å². The Bertz CT molecular complexity index is 977. The number of hydrazine groups is 1. The lowest BCUT2D eigenvalue weighted by molar-refractivity contribution is 0.191. The van der Waals surface area contributed by atoms with Crippen LogP contribution in [0.1, 0.15) is 43.7 Å². The van der Waals surface area contributed by atoms with E-state index < -0.39 is 0 Å². The van der Waals surface area contributed by atoms with Gasteiger partial charge in [0, 0.05) is 19.3 Å². The molecule has 4 rings (SSSR count). The van der Waals surface area contributed by atoms with Crippen LogP contribution in [-0.4, -0.2) is 40.6 Å². The quantitative estimate of drug-likeness (QED) is 0.849. The molecule has 0 bridgehead atoms. The highest BCUT2D eigenvalue weighted by Crippen LogP contribution is 2.38. The second kappa shape index (κ2) is 7.59. The Hall–Kier alpha value is -3.34. The number of amides is 2. The van der Waals surface area contributed by atoms with Crippen LogP contribution < -0.4 is 15.2 Å². The summed E-state index contributed by atoms with van der Waals surface area (Å²) in [7, 11) is 1.76. The molecule has 1 N–H and O–H groups in total. The van der Waals surface area contributed by atoms with Crippen molar-refractivity contribution in [2.75, 3.05) is 28.8 Å². The van der Waals surface area contributed by atoms with Gasteiger partial charge in [-0.3, -0.25) is 9.91 Å².